The highest BCUT2D eigenvalue weighted by atomic mass is 35.5. The Balaban J connectivity index is 1.26. The molecule has 0 saturated heterocycles. The number of anilines is 2. The molecule has 10 heteroatoms. The maximum atomic E-state index is 13.3. The number of sulfonamides is 1. The summed E-state index contributed by atoms with van der Waals surface area (Å²) in [4.78, 5) is 12.4. The van der Waals surface area contributed by atoms with Crippen LogP contribution in [-0.2, 0) is 21.2 Å². The normalized spacial score (nSPS) is 14.4. The van der Waals surface area contributed by atoms with Crippen molar-refractivity contribution < 1.29 is 27.4 Å². The fourth-order valence-corrected chi connectivity index (χ4v) is 5.82. The first-order valence-corrected chi connectivity index (χ1v) is 12.5. The number of carbonyl (C=O) groups is 1. The molecule has 0 spiro atoms. The first-order chi connectivity index (χ1) is 16.4. The molecule has 1 amide bonds. The van der Waals surface area contributed by atoms with E-state index in [4.69, 9.17) is 25.8 Å². The summed E-state index contributed by atoms with van der Waals surface area (Å²) >= 11 is 6.31. The zero-order valence-corrected chi connectivity index (χ0v) is 19.6. The first-order valence-electron chi connectivity index (χ1n) is 10.6. The molecule has 176 valence electrons. The van der Waals surface area contributed by atoms with E-state index in [1.54, 1.807) is 18.2 Å². The van der Waals surface area contributed by atoms with Crippen LogP contribution in [0.2, 0.25) is 5.02 Å². The number of hydrogen-bond donors (Lipinski definition) is 1. The third kappa shape index (κ3) is 4.36. The summed E-state index contributed by atoms with van der Waals surface area (Å²) in [6, 6.07) is 16.8. The Bertz CT molecular complexity index is 1360. The van der Waals surface area contributed by atoms with Gasteiger partial charge in [-0.15, -0.1) is 0 Å². The van der Waals surface area contributed by atoms with Gasteiger partial charge in [-0.3, -0.25) is 9.10 Å². The zero-order chi connectivity index (χ0) is 23.7. The van der Waals surface area contributed by atoms with E-state index in [2.05, 4.69) is 5.32 Å². The molecule has 3 aromatic rings. The van der Waals surface area contributed by atoms with Crippen LogP contribution in [0.3, 0.4) is 0 Å². The number of benzene rings is 3. The number of carbonyl (C=O) groups excluding carboxylic acids is 1. The molecule has 0 aliphatic carbocycles. The Morgan fingerprint density at radius 3 is 2.74 bits per heavy atom. The summed E-state index contributed by atoms with van der Waals surface area (Å²) in [5.74, 6) is 0.969. The van der Waals surface area contributed by atoms with Crippen LogP contribution in [0.15, 0.2) is 65.6 Å². The van der Waals surface area contributed by atoms with E-state index in [1.165, 1.54) is 22.5 Å². The van der Waals surface area contributed by atoms with Gasteiger partial charge >= 0.3 is 0 Å². The van der Waals surface area contributed by atoms with Crippen LogP contribution in [0.1, 0.15) is 12.0 Å². The van der Waals surface area contributed by atoms with Gasteiger partial charge in [0.1, 0.15) is 5.75 Å². The van der Waals surface area contributed by atoms with E-state index in [0.29, 0.717) is 29.4 Å². The SMILES string of the molecule is O=C(COc1ccc(S(=O)(=O)N2CCCc3ccccc32)cc1Cl)Nc1ccc2c(c1)OCO2. The van der Waals surface area contributed by atoms with Gasteiger partial charge in [0, 0.05) is 18.3 Å². The smallest absolute Gasteiger partial charge is 0.264 e. The second-order valence-corrected chi connectivity index (χ2v) is 10.1. The van der Waals surface area contributed by atoms with Gasteiger partial charge in [0.25, 0.3) is 15.9 Å². The summed E-state index contributed by atoms with van der Waals surface area (Å²) in [5.41, 5.74) is 2.22. The number of hydrogen-bond acceptors (Lipinski definition) is 6. The van der Waals surface area contributed by atoms with Gasteiger partial charge in [-0.2, -0.15) is 0 Å². The minimum absolute atomic E-state index is 0.0614. The Morgan fingerprint density at radius 2 is 1.88 bits per heavy atom. The Kier molecular flexibility index (Phi) is 5.97. The zero-order valence-electron chi connectivity index (χ0n) is 18.0. The molecule has 0 fully saturated rings. The maximum Gasteiger partial charge on any atom is 0.264 e. The summed E-state index contributed by atoms with van der Waals surface area (Å²) in [6.07, 6.45) is 1.58. The molecule has 5 rings (SSSR count). The molecule has 2 aliphatic rings. The van der Waals surface area contributed by atoms with E-state index in [9.17, 15) is 13.2 Å². The van der Waals surface area contributed by atoms with Gasteiger partial charge in [-0.25, -0.2) is 8.42 Å². The number of halogens is 1. The van der Waals surface area contributed by atoms with Crippen molar-refractivity contribution in [2.24, 2.45) is 0 Å². The fraction of sp³-hybridized carbons (Fsp3) is 0.208. The van der Waals surface area contributed by atoms with E-state index in [1.807, 2.05) is 24.3 Å². The second kappa shape index (κ2) is 9.08. The first kappa shape index (κ1) is 22.4. The largest absolute Gasteiger partial charge is 0.482 e. The van der Waals surface area contributed by atoms with Gasteiger partial charge in [0.05, 0.1) is 15.6 Å². The molecular weight excluding hydrogens is 480 g/mol. The van der Waals surface area contributed by atoms with Crippen LogP contribution in [0.4, 0.5) is 11.4 Å². The van der Waals surface area contributed by atoms with E-state index in [-0.39, 0.29) is 29.1 Å². The number of para-hydroxylation sites is 1. The average Bonchev–Trinajstić information content (AvgIpc) is 3.31. The molecule has 1 N–H and O–H groups in total. The predicted octanol–water partition coefficient (Wildman–Crippen LogP) is 4.23. The number of aryl methyl sites for hydroxylation is 1. The summed E-state index contributed by atoms with van der Waals surface area (Å²) in [7, 11) is -3.80. The van der Waals surface area contributed by atoms with E-state index in [0.717, 1.165) is 18.4 Å². The quantitative estimate of drug-likeness (QED) is 0.544. The molecule has 2 aliphatic heterocycles. The van der Waals surface area contributed by atoms with Gasteiger partial charge < -0.3 is 19.5 Å². The molecule has 3 aromatic carbocycles. The molecule has 34 heavy (non-hydrogen) atoms. The molecule has 0 atom stereocenters. The molecule has 0 saturated carbocycles. The number of nitrogens with zero attached hydrogens (tertiary/aromatic N) is 1. The van der Waals surface area contributed by atoms with Crippen molar-refractivity contribution in [2.75, 3.05) is 29.6 Å². The van der Waals surface area contributed by atoms with Crippen molar-refractivity contribution in [3.63, 3.8) is 0 Å². The average molecular weight is 501 g/mol. The lowest BCUT2D eigenvalue weighted by atomic mass is 10.0. The van der Waals surface area contributed by atoms with Crippen LogP contribution >= 0.6 is 11.6 Å². The molecule has 0 bridgehead atoms. The van der Waals surface area contributed by atoms with Gasteiger partial charge in [0.2, 0.25) is 6.79 Å². The molecule has 2 heterocycles. The Labute approximate surface area is 202 Å². The lowest BCUT2D eigenvalue weighted by Gasteiger charge is -2.30. The van der Waals surface area contributed by atoms with Crippen LogP contribution in [0, 0.1) is 0 Å². The Morgan fingerprint density at radius 1 is 1.06 bits per heavy atom. The van der Waals surface area contributed by atoms with Crippen molar-refractivity contribution in [3.8, 4) is 17.2 Å². The third-order valence-corrected chi connectivity index (χ3v) is 7.68. The van der Waals surface area contributed by atoms with E-state index >= 15 is 0 Å². The van der Waals surface area contributed by atoms with Gasteiger partial charge in [-0.1, -0.05) is 29.8 Å². The highest BCUT2D eigenvalue weighted by Crippen LogP contribution is 2.35. The highest BCUT2D eigenvalue weighted by Gasteiger charge is 2.29. The molecule has 0 radical (unpaired) electrons. The second-order valence-electron chi connectivity index (χ2n) is 7.81. The fourth-order valence-electron chi connectivity index (χ4n) is 3.95. The topological polar surface area (TPSA) is 94.2 Å². The molecule has 0 aromatic heterocycles. The summed E-state index contributed by atoms with van der Waals surface area (Å²) in [5, 5.41) is 2.80. The highest BCUT2D eigenvalue weighted by molar-refractivity contribution is 7.92. The monoisotopic (exact) mass is 500 g/mol. The van der Waals surface area contributed by atoms with Crippen molar-refractivity contribution in [1.29, 1.82) is 0 Å². The van der Waals surface area contributed by atoms with Crippen LogP contribution < -0.4 is 23.8 Å². The minimum atomic E-state index is -3.80. The number of nitrogens with one attached hydrogen (secondary N) is 1. The Hall–Kier alpha value is -3.43. The summed E-state index contributed by atoms with van der Waals surface area (Å²) < 4.78 is 44.1. The van der Waals surface area contributed by atoms with Crippen LogP contribution in [-0.4, -0.2) is 34.3 Å². The standard InChI is InChI=1S/C24H21ClN2O6S/c25-19-13-18(34(29,30)27-11-3-5-16-4-1-2-6-20(16)27)8-10-21(19)31-14-24(28)26-17-7-9-22-23(12-17)33-15-32-22/h1-2,4,6-10,12-13H,3,5,11,14-15H2,(H,26,28). The van der Waals surface area contributed by atoms with E-state index < -0.39 is 15.9 Å². The van der Waals surface area contributed by atoms with Crippen molar-refractivity contribution in [2.45, 2.75) is 17.7 Å². The predicted molar refractivity (Wildman–Crippen MR) is 127 cm³/mol. The number of rotatable bonds is 6. The lowest BCUT2D eigenvalue weighted by Crippen LogP contribution is -2.35. The van der Waals surface area contributed by atoms with Crippen LogP contribution in [0.5, 0.6) is 17.2 Å². The number of amides is 1. The van der Waals surface area contributed by atoms with Crippen molar-refractivity contribution in [1.82, 2.24) is 0 Å². The van der Waals surface area contributed by atoms with Crippen LogP contribution in [0.25, 0.3) is 0 Å². The van der Waals surface area contributed by atoms with Gasteiger partial charge in [0.15, 0.2) is 18.1 Å². The molecule has 0 unspecified atom stereocenters. The molecule has 8 nitrogen and oxygen atoms in total. The van der Waals surface area contributed by atoms with Crippen molar-refractivity contribution in [3.05, 3.63) is 71.2 Å². The van der Waals surface area contributed by atoms with Crippen molar-refractivity contribution >= 4 is 38.9 Å². The number of fused-ring (bicyclic) bond motifs is 2. The van der Waals surface area contributed by atoms with Gasteiger partial charge in [-0.05, 0) is 54.8 Å². The minimum Gasteiger partial charge on any atom is -0.482 e. The lowest BCUT2D eigenvalue weighted by molar-refractivity contribution is -0.118. The third-order valence-electron chi connectivity index (χ3n) is 5.57. The summed E-state index contributed by atoms with van der Waals surface area (Å²) in [6.45, 7) is 0.235. The maximum absolute atomic E-state index is 13.3. The molecular formula is C24H21ClN2O6S. The number of ether oxygens (including phenoxy) is 3.